The molecule has 0 amide bonds. The van der Waals surface area contributed by atoms with Crippen molar-refractivity contribution < 1.29 is 23.4 Å². The number of hydrogen-bond acceptors (Lipinski definition) is 4. The summed E-state index contributed by atoms with van der Waals surface area (Å²) in [4.78, 5) is 0. The molecule has 1 atom stereocenters. The summed E-state index contributed by atoms with van der Waals surface area (Å²) in [6.45, 7) is 0.401. The maximum absolute atomic E-state index is 13.6. The molecule has 0 radical (unpaired) electrons. The van der Waals surface area contributed by atoms with Gasteiger partial charge in [-0.05, 0) is 29.8 Å². The van der Waals surface area contributed by atoms with E-state index in [0.29, 0.717) is 18.0 Å². The Labute approximate surface area is 133 Å². The van der Waals surface area contributed by atoms with E-state index in [1.165, 1.54) is 6.07 Å². The van der Waals surface area contributed by atoms with E-state index in [2.05, 4.69) is 5.32 Å². The van der Waals surface area contributed by atoms with Crippen molar-refractivity contribution in [3.05, 3.63) is 59.2 Å². The largest absolute Gasteiger partial charge is 0.497 e. The Morgan fingerprint density at radius 1 is 1.04 bits per heavy atom. The van der Waals surface area contributed by atoms with Gasteiger partial charge in [-0.15, -0.1) is 0 Å². The summed E-state index contributed by atoms with van der Waals surface area (Å²) in [5.41, 5.74) is 0.533. The molecule has 0 spiro atoms. The van der Waals surface area contributed by atoms with Crippen LogP contribution >= 0.6 is 0 Å². The minimum Gasteiger partial charge on any atom is -0.497 e. The molecule has 124 valence electrons. The fraction of sp³-hybridized carbons (Fsp3) is 0.294. The molecule has 2 N–H and O–H groups in total. The molecule has 1 unspecified atom stereocenters. The molecule has 23 heavy (non-hydrogen) atoms. The van der Waals surface area contributed by atoms with Crippen molar-refractivity contribution in [1.82, 2.24) is 5.32 Å². The number of halogens is 2. The van der Waals surface area contributed by atoms with Crippen molar-refractivity contribution in [2.24, 2.45) is 0 Å². The molecule has 0 aliphatic heterocycles. The lowest BCUT2D eigenvalue weighted by Gasteiger charge is -2.14. The minimum absolute atomic E-state index is 0.0113. The minimum atomic E-state index is -1.27. The van der Waals surface area contributed by atoms with Gasteiger partial charge in [0, 0.05) is 19.2 Å². The summed E-state index contributed by atoms with van der Waals surface area (Å²) < 4.78 is 37.5. The Balaban J connectivity index is 1.99. The summed E-state index contributed by atoms with van der Waals surface area (Å²) >= 11 is 0. The quantitative estimate of drug-likeness (QED) is 0.823. The van der Waals surface area contributed by atoms with Gasteiger partial charge < -0.3 is 19.9 Å². The first-order valence-electron chi connectivity index (χ1n) is 7.09. The van der Waals surface area contributed by atoms with E-state index in [0.717, 1.165) is 17.7 Å². The van der Waals surface area contributed by atoms with Gasteiger partial charge in [-0.3, -0.25) is 0 Å². The van der Waals surface area contributed by atoms with Gasteiger partial charge in [0.15, 0.2) is 0 Å². The number of nitrogens with one attached hydrogen (secondary N) is 1. The van der Waals surface area contributed by atoms with E-state index in [1.54, 1.807) is 20.3 Å². The first-order chi connectivity index (χ1) is 11.0. The summed E-state index contributed by atoms with van der Waals surface area (Å²) in [5, 5.41) is 12.9. The molecule has 0 heterocycles. The van der Waals surface area contributed by atoms with Gasteiger partial charge in [-0.2, -0.15) is 0 Å². The monoisotopic (exact) mass is 323 g/mol. The molecule has 0 saturated carbocycles. The molecule has 0 aromatic heterocycles. The molecule has 0 bridgehead atoms. The lowest BCUT2D eigenvalue weighted by atomic mass is 10.1. The van der Waals surface area contributed by atoms with Crippen molar-refractivity contribution in [2.75, 3.05) is 20.8 Å². The van der Waals surface area contributed by atoms with Crippen molar-refractivity contribution in [2.45, 2.75) is 12.6 Å². The molecule has 4 nitrogen and oxygen atoms in total. The van der Waals surface area contributed by atoms with Crippen LogP contribution in [0.4, 0.5) is 8.78 Å². The van der Waals surface area contributed by atoms with E-state index in [-0.39, 0.29) is 12.1 Å². The number of aliphatic hydroxyl groups excluding tert-OH is 1. The molecular formula is C17H19F2NO3. The third kappa shape index (κ3) is 4.40. The lowest BCUT2D eigenvalue weighted by molar-refractivity contribution is 0.164. The van der Waals surface area contributed by atoms with Crippen LogP contribution < -0.4 is 14.8 Å². The van der Waals surface area contributed by atoms with Gasteiger partial charge in [0.2, 0.25) is 0 Å². The van der Waals surface area contributed by atoms with E-state index < -0.39 is 17.7 Å². The predicted molar refractivity (Wildman–Crippen MR) is 82.6 cm³/mol. The van der Waals surface area contributed by atoms with Gasteiger partial charge in [-0.25, -0.2) is 8.78 Å². The zero-order valence-corrected chi connectivity index (χ0v) is 13.0. The zero-order valence-electron chi connectivity index (χ0n) is 13.0. The van der Waals surface area contributed by atoms with Crippen LogP contribution in [0.15, 0.2) is 36.4 Å². The number of aliphatic hydroxyl groups is 1. The second-order valence-electron chi connectivity index (χ2n) is 5.00. The smallest absolute Gasteiger partial charge is 0.131 e. The van der Waals surface area contributed by atoms with Gasteiger partial charge in [0.25, 0.3) is 0 Å². The first-order valence-corrected chi connectivity index (χ1v) is 7.09. The van der Waals surface area contributed by atoms with Crippen molar-refractivity contribution in [3.63, 3.8) is 0 Å². The average molecular weight is 323 g/mol. The molecular weight excluding hydrogens is 304 g/mol. The summed E-state index contributed by atoms with van der Waals surface area (Å²) in [6.07, 6.45) is -1.27. The maximum atomic E-state index is 13.6. The van der Waals surface area contributed by atoms with E-state index in [9.17, 15) is 13.9 Å². The number of benzene rings is 2. The second-order valence-corrected chi connectivity index (χ2v) is 5.00. The van der Waals surface area contributed by atoms with Crippen LogP contribution in [0.5, 0.6) is 11.5 Å². The Hall–Kier alpha value is -2.18. The number of methoxy groups -OCH3 is 2. The topological polar surface area (TPSA) is 50.7 Å². The molecule has 0 saturated heterocycles. The molecule has 2 aromatic rings. The Kier molecular flexibility index (Phi) is 5.90. The normalized spacial score (nSPS) is 12.0. The molecule has 0 aliphatic carbocycles. The highest BCUT2D eigenvalue weighted by Crippen LogP contribution is 2.23. The summed E-state index contributed by atoms with van der Waals surface area (Å²) in [7, 11) is 3.10. The van der Waals surface area contributed by atoms with Gasteiger partial charge >= 0.3 is 0 Å². The third-order valence-corrected chi connectivity index (χ3v) is 3.41. The second kappa shape index (κ2) is 7.89. The van der Waals surface area contributed by atoms with Gasteiger partial charge in [0.05, 0.1) is 25.9 Å². The molecule has 0 fully saturated rings. The van der Waals surface area contributed by atoms with Crippen LogP contribution in [0.2, 0.25) is 0 Å². The summed E-state index contributed by atoms with van der Waals surface area (Å²) in [5.74, 6) is -0.242. The number of hydrogen-bond donors (Lipinski definition) is 2. The third-order valence-electron chi connectivity index (χ3n) is 3.41. The van der Waals surface area contributed by atoms with Crippen LogP contribution in [0.25, 0.3) is 0 Å². The van der Waals surface area contributed by atoms with Crippen LogP contribution in [0.1, 0.15) is 17.2 Å². The predicted octanol–water partition coefficient (Wildman–Crippen LogP) is 2.81. The standard InChI is InChI=1S/C17H19F2NO3/c1-22-12-6-11(7-13(8-12)23-2)9-20-10-16(21)17-14(18)4-3-5-15(17)19/h3-8,16,20-21H,9-10H2,1-2H3. The van der Waals surface area contributed by atoms with Crippen LogP contribution in [-0.4, -0.2) is 25.9 Å². The fourth-order valence-electron chi connectivity index (χ4n) is 2.25. The molecule has 6 heteroatoms. The van der Waals surface area contributed by atoms with E-state index >= 15 is 0 Å². The van der Waals surface area contributed by atoms with E-state index in [4.69, 9.17) is 9.47 Å². The fourth-order valence-corrected chi connectivity index (χ4v) is 2.25. The number of rotatable bonds is 7. The van der Waals surface area contributed by atoms with Crippen LogP contribution in [-0.2, 0) is 6.54 Å². The highest BCUT2D eigenvalue weighted by atomic mass is 19.1. The van der Waals surface area contributed by atoms with Crippen molar-refractivity contribution in [1.29, 1.82) is 0 Å². The Bertz CT molecular complexity index is 622. The van der Waals surface area contributed by atoms with E-state index in [1.807, 2.05) is 12.1 Å². The highest BCUT2D eigenvalue weighted by molar-refractivity contribution is 5.38. The number of ether oxygens (including phenoxy) is 2. The first kappa shape index (κ1) is 17.2. The van der Waals surface area contributed by atoms with Gasteiger partial charge in [0.1, 0.15) is 23.1 Å². The van der Waals surface area contributed by atoms with Crippen molar-refractivity contribution in [3.8, 4) is 11.5 Å². The molecule has 2 aromatic carbocycles. The molecule has 0 aliphatic rings. The van der Waals surface area contributed by atoms with Crippen LogP contribution in [0, 0.1) is 11.6 Å². The Morgan fingerprint density at radius 3 is 2.13 bits per heavy atom. The summed E-state index contributed by atoms with van der Waals surface area (Å²) in [6, 6.07) is 8.87. The van der Waals surface area contributed by atoms with Crippen molar-refractivity contribution >= 4 is 0 Å². The maximum Gasteiger partial charge on any atom is 0.131 e. The average Bonchev–Trinajstić information content (AvgIpc) is 2.54. The van der Waals surface area contributed by atoms with Gasteiger partial charge in [-0.1, -0.05) is 6.07 Å². The Morgan fingerprint density at radius 2 is 1.61 bits per heavy atom. The zero-order chi connectivity index (χ0) is 16.8. The molecule has 2 rings (SSSR count). The lowest BCUT2D eigenvalue weighted by Crippen LogP contribution is -2.22. The highest BCUT2D eigenvalue weighted by Gasteiger charge is 2.17. The van der Waals surface area contributed by atoms with Crippen LogP contribution in [0.3, 0.4) is 0 Å². The SMILES string of the molecule is COc1cc(CNCC(O)c2c(F)cccc2F)cc(OC)c1.